The van der Waals surface area contributed by atoms with Crippen molar-refractivity contribution in [1.82, 2.24) is 9.78 Å². The zero-order chi connectivity index (χ0) is 17.6. The summed E-state index contributed by atoms with van der Waals surface area (Å²) in [5, 5.41) is 3.07. The molecule has 0 aliphatic rings. The SMILES string of the molecule is Nc1c(S(=O)C(F)(F)F)cnn1-c1ccc(C(F)(F)F)cc1Cl. The van der Waals surface area contributed by atoms with Crippen molar-refractivity contribution in [1.29, 1.82) is 0 Å². The second kappa shape index (κ2) is 5.71. The van der Waals surface area contributed by atoms with Crippen molar-refractivity contribution in [2.75, 3.05) is 5.73 Å². The van der Waals surface area contributed by atoms with Crippen LogP contribution in [0.4, 0.5) is 32.2 Å². The number of benzene rings is 1. The molecule has 126 valence electrons. The van der Waals surface area contributed by atoms with Crippen molar-refractivity contribution in [3.63, 3.8) is 0 Å². The Labute approximate surface area is 132 Å². The predicted octanol–water partition coefficient (Wildman–Crippen LogP) is 3.75. The first-order valence-corrected chi connectivity index (χ1v) is 7.15. The van der Waals surface area contributed by atoms with Crippen LogP contribution >= 0.6 is 11.6 Å². The van der Waals surface area contributed by atoms with E-state index in [1.54, 1.807) is 0 Å². The van der Waals surface area contributed by atoms with Crippen molar-refractivity contribution in [3.8, 4) is 5.69 Å². The molecule has 23 heavy (non-hydrogen) atoms. The van der Waals surface area contributed by atoms with E-state index in [1.807, 2.05) is 0 Å². The number of nitrogens with zero attached hydrogens (tertiary/aromatic N) is 2. The van der Waals surface area contributed by atoms with Crippen molar-refractivity contribution >= 4 is 28.2 Å². The summed E-state index contributed by atoms with van der Waals surface area (Å²) in [4.78, 5) is -0.812. The maximum Gasteiger partial charge on any atom is 0.476 e. The fourth-order valence-electron chi connectivity index (χ4n) is 1.66. The number of hydrogen-bond donors (Lipinski definition) is 1. The number of hydrogen-bond acceptors (Lipinski definition) is 3. The first-order chi connectivity index (χ1) is 10.4. The van der Waals surface area contributed by atoms with Gasteiger partial charge in [0.2, 0.25) is 0 Å². The molecule has 1 atom stereocenters. The van der Waals surface area contributed by atoms with Gasteiger partial charge in [0.05, 0.1) is 22.5 Å². The van der Waals surface area contributed by atoms with Crippen LogP contribution in [-0.2, 0) is 17.0 Å². The van der Waals surface area contributed by atoms with Crippen LogP contribution in [0.15, 0.2) is 29.3 Å². The van der Waals surface area contributed by atoms with Crippen LogP contribution in [0.5, 0.6) is 0 Å². The van der Waals surface area contributed by atoms with Crippen LogP contribution in [0, 0.1) is 0 Å². The number of rotatable bonds is 2. The van der Waals surface area contributed by atoms with Gasteiger partial charge in [-0.25, -0.2) is 8.89 Å². The zero-order valence-electron chi connectivity index (χ0n) is 10.7. The Hall–Kier alpha value is -1.75. The number of nitrogen functional groups attached to an aromatic ring is 1. The Morgan fingerprint density at radius 2 is 1.78 bits per heavy atom. The highest BCUT2D eigenvalue weighted by atomic mass is 35.5. The molecule has 0 aliphatic heterocycles. The van der Waals surface area contributed by atoms with E-state index in [2.05, 4.69) is 5.10 Å². The van der Waals surface area contributed by atoms with Gasteiger partial charge in [-0.05, 0) is 18.2 Å². The highest BCUT2D eigenvalue weighted by molar-refractivity contribution is 7.86. The molecule has 0 amide bonds. The third-order valence-corrected chi connectivity index (χ3v) is 4.12. The van der Waals surface area contributed by atoms with Gasteiger partial charge in [-0.15, -0.1) is 0 Å². The molecule has 2 rings (SSSR count). The highest BCUT2D eigenvalue weighted by Crippen LogP contribution is 2.35. The van der Waals surface area contributed by atoms with Crippen molar-refractivity contribution < 1.29 is 30.6 Å². The molecule has 2 aromatic rings. The molecule has 2 N–H and O–H groups in total. The minimum Gasteiger partial charge on any atom is -0.383 e. The Morgan fingerprint density at radius 1 is 1.17 bits per heavy atom. The zero-order valence-corrected chi connectivity index (χ0v) is 12.3. The Kier molecular flexibility index (Phi) is 4.37. The van der Waals surface area contributed by atoms with E-state index in [0.717, 1.165) is 6.07 Å². The molecule has 0 radical (unpaired) electrons. The second-order valence-corrected chi connectivity index (χ2v) is 6.03. The largest absolute Gasteiger partial charge is 0.476 e. The summed E-state index contributed by atoms with van der Waals surface area (Å²) >= 11 is 5.71. The van der Waals surface area contributed by atoms with E-state index in [1.165, 1.54) is 0 Å². The smallest absolute Gasteiger partial charge is 0.383 e. The summed E-state index contributed by atoms with van der Waals surface area (Å²) in [6.07, 6.45) is -4.02. The van der Waals surface area contributed by atoms with E-state index in [-0.39, 0.29) is 5.69 Å². The van der Waals surface area contributed by atoms with Gasteiger partial charge in [-0.1, -0.05) is 11.6 Å². The van der Waals surface area contributed by atoms with Crippen LogP contribution < -0.4 is 5.73 Å². The summed E-state index contributed by atoms with van der Waals surface area (Å²) in [6, 6.07) is 2.15. The van der Waals surface area contributed by atoms with Crippen molar-refractivity contribution in [3.05, 3.63) is 35.0 Å². The molecule has 0 bridgehead atoms. The Bertz CT molecular complexity index is 770. The summed E-state index contributed by atoms with van der Waals surface area (Å²) in [5.41, 5.74) is -0.821. The normalized spacial score (nSPS) is 14.0. The monoisotopic (exact) mass is 377 g/mol. The molecule has 0 saturated heterocycles. The van der Waals surface area contributed by atoms with Gasteiger partial charge in [0.1, 0.15) is 10.7 Å². The van der Waals surface area contributed by atoms with E-state index < -0.39 is 43.8 Å². The van der Waals surface area contributed by atoms with Crippen LogP contribution in [0.25, 0.3) is 5.69 Å². The van der Waals surface area contributed by atoms with Crippen LogP contribution in [0.2, 0.25) is 5.02 Å². The van der Waals surface area contributed by atoms with Gasteiger partial charge in [0, 0.05) is 0 Å². The first kappa shape index (κ1) is 17.6. The average molecular weight is 378 g/mol. The molecule has 1 aromatic carbocycles. The first-order valence-electron chi connectivity index (χ1n) is 5.62. The summed E-state index contributed by atoms with van der Waals surface area (Å²) in [5.74, 6) is -0.637. The number of anilines is 1. The molecule has 0 saturated carbocycles. The minimum absolute atomic E-state index is 0.178. The lowest BCUT2D eigenvalue weighted by atomic mass is 10.2. The fourth-order valence-corrected chi connectivity index (χ4v) is 2.59. The number of halogens is 7. The summed E-state index contributed by atoms with van der Waals surface area (Å²) in [7, 11) is -3.42. The van der Waals surface area contributed by atoms with Gasteiger partial charge in [-0.3, -0.25) is 0 Å². The molecular formula is C11H6ClF6N3OS. The lowest BCUT2D eigenvalue weighted by Crippen LogP contribution is -2.17. The van der Waals surface area contributed by atoms with Gasteiger partial charge < -0.3 is 5.73 Å². The molecular weight excluding hydrogens is 372 g/mol. The fraction of sp³-hybridized carbons (Fsp3) is 0.182. The summed E-state index contributed by atoms with van der Waals surface area (Å²) in [6.45, 7) is 0. The lowest BCUT2D eigenvalue weighted by Gasteiger charge is -2.11. The molecule has 4 nitrogen and oxygen atoms in total. The van der Waals surface area contributed by atoms with Crippen molar-refractivity contribution in [2.24, 2.45) is 0 Å². The minimum atomic E-state index is -5.05. The summed E-state index contributed by atoms with van der Waals surface area (Å²) < 4.78 is 86.9. The molecule has 1 heterocycles. The van der Waals surface area contributed by atoms with Crippen LogP contribution in [0.1, 0.15) is 5.56 Å². The standard InChI is InChI=1S/C11H6ClF6N3OS/c12-6-3-5(10(13,14)15)1-2-7(6)21-9(19)8(4-20-21)23(22)11(16,17)18/h1-4H,19H2. The van der Waals surface area contributed by atoms with Crippen molar-refractivity contribution in [2.45, 2.75) is 16.6 Å². The number of nitrogens with two attached hydrogens (primary N) is 1. The van der Waals surface area contributed by atoms with E-state index in [0.29, 0.717) is 23.0 Å². The van der Waals surface area contributed by atoms with Gasteiger partial charge in [0.25, 0.3) is 0 Å². The lowest BCUT2D eigenvalue weighted by molar-refractivity contribution is -0.137. The van der Waals surface area contributed by atoms with E-state index >= 15 is 0 Å². The maximum atomic E-state index is 12.6. The number of alkyl halides is 6. The molecule has 0 spiro atoms. The van der Waals surface area contributed by atoms with Gasteiger partial charge in [-0.2, -0.15) is 31.4 Å². The Balaban J connectivity index is 2.49. The molecule has 0 fully saturated rings. The quantitative estimate of drug-likeness (QED) is 0.811. The topological polar surface area (TPSA) is 60.9 Å². The number of aromatic nitrogens is 2. The highest BCUT2D eigenvalue weighted by Gasteiger charge is 2.40. The maximum absolute atomic E-state index is 12.6. The van der Waals surface area contributed by atoms with Crippen LogP contribution in [-0.4, -0.2) is 19.5 Å². The van der Waals surface area contributed by atoms with Gasteiger partial charge >= 0.3 is 11.7 Å². The third-order valence-electron chi connectivity index (χ3n) is 2.68. The van der Waals surface area contributed by atoms with Gasteiger partial charge in [0.15, 0.2) is 10.8 Å². The predicted molar refractivity (Wildman–Crippen MR) is 70.5 cm³/mol. The molecule has 1 aromatic heterocycles. The third kappa shape index (κ3) is 3.44. The second-order valence-electron chi connectivity index (χ2n) is 4.18. The Morgan fingerprint density at radius 3 is 2.26 bits per heavy atom. The molecule has 1 unspecified atom stereocenters. The van der Waals surface area contributed by atoms with E-state index in [4.69, 9.17) is 17.3 Å². The average Bonchev–Trinajstić information content (AvgIpc) is 2.77. The molecule has 12 heteroatoms. The van der Waals surface area contributed by atoms with Crippen LogP contribution in [0.3, 0.4) is 0 Å². The molecule has 0 aliphatic carbocycles. The van der Waals surface area contributed by atoms with E-state index in [9.17, 15) is 30.6 Å².